The molecule has 2 heterocycles. The van der Waals surface area contributed by atoms with Crippen molar-refractivity contribution in [2.24, 2.45) is 0 Å². The minimum Gasteiger partial charge on any atom is -0.378 e. The molecule has 152 valence electrons. The van der Waals surface area contributed by atoms with Crippen molar-refractivity contribution in [1.82, 2.24) is 10.1 Å². The summed E-state index contributed by atoms with van der Waals surface area (Å²) in [5.41, 5.74) is 3.99. The summed E-state index contributed by atoms with van der Waals surface area (Å²) in [6.45, 7) is 11.6. The molecule has 6 nitrogen and oxygen atoms in total. The van der Waals surface area contributed by atoms with Crippen LogP contribution >= 0.6 is 0 Å². The molecule has 0 spiro atoms. The summed E-state index contributed by atoms with van der Waals surface area (Å²) >= 11 is 0. The Morgan fingerprint density at radius 1 is 1.29 bits per heavy atom. The molecule has 1 saturated heterocycles. The fourth-order valence-electron chi connectivity index (χ4n) is 3.56. The van der Waals surface area contributed by atoms with Gasteiger partial charge in [0.15, 0.2) is 0 Å². The standard InChI is InChI=1S/C22H31N3O3/c1-5-17(4)25(20(26)6-2)15-19-21(18-9-7-8-16(3)14-18)23-28-22(19)24-10-12-27-13-11-24/h7-9,14,17H,5-6,10-13,15H2,1-4H3/t17-/m1/s1. The van der Waals surface area contributed by atoms with Crippen molar-refractivity contribution in [3.63, 3.8) is 0 Å². The predicted octanol–water partition coefficient (Wildman–Crippen LogP) is 4.02. The summed E-state index contributed by atoms with van der Waals surface area (Å²) in [5, 5.41) is 4.43. The largest absolute Gasteiger partial charge is 0.378 e. The Kier molecular flexibility index (Phi) is 6.73. The quantitative estimate of drug-likeness (QED) is 0.720. The first-order valence-corrected chi connectivity index (χ1v) is 10.2. The second-order valence-corrected chi connectivity index (χ2v) is 7.42. The van der Waals surface area contributed by atoms with Crippen LogP contribution in [0.25, 0.3) is 11.3 Å². The predicted molar refractivity (Wildman–Crippen MR) is 110 cm³/mol. The molecule has 3 rings (SSSR count). The number of ether oxygens (including phenoxy) is 1. The summed E-state index contributed by atoms with van der Waals surface area (Å²) in [6, 6.07) is 8.41. The molecule has 1 aliphatic rings. The third kappa shape index (κ3) is 4.38. The Morgan fingerprint density at radius 3 is 2.68 bits per heavy atom. The van der Waals surface area contributed by atoms with E-state index >= 15 is 0 Å². The zero-order valence-corrected chi connectivity index (χ0v) is 17.4. The molecule has 28 heavy (non-hydrogen) atoms. The van der Waals surface area contributed by atoms with E-state index in [4.69, 9.17) is 9.26 Å². The SMILES string of the molecule is CCC(=O)N(Cc1c(-c2cccc(C)c2)noc1N1CCOCC1)[C@H](C)CC. The highest BCUT2D eigenvalue weighted by Gasteiger charge is 2.28. The summed E-state index contributed by atoms with van der Waals surface area (Å²) in [5.74, 6) is 0.913. The topological polar surface area (TPSA) is 58.8 Å². The molecule has 1 aromatic heterocycles. The minimum absolute atomic E-state index is 0.152. The van der Waals surface area contributed by atoms with Crippen molar-refractivity contribution < 1.29 is 14.1 Å². The first-order valence-electron chi connectivity index (χ1n) is 10.2. The van der Waals surface area contributed by atoms with Gasteiger partial charge < -0.3 is 19.1 Å². The fourth-order valence-corrected chi connectivity index (χ4v) is 3.56. The van der Waals surface area contributed by atoms with E-state index in [9.17, 15) is 4.79 Å². The van der Waals surface area contributed by atoms with E-state index in [1.54, 1.807) is 0 Å². The number of benzene rings is 1. The Bertz CT molecular complexity index is 796. The van der Waals surface area contributed by atoms with Gasteiger partial charge in [-0.1, -0.05) is 42.8 Å². The van der Waals surface area contributed by atoms with Crippen LogP contribution in [-0.4, -0.2) is 48.3 Å². The van der Waals surface area contributed by atoms with E-state index in [1.165, 1.54) is 5.56 Å². The van der Waals surface area contributed by atoms with Gasteiger partial charge in [-0.3, -0.25) is 4.79 Å². The van der Waals surface area contributed by atoms with Gasteiger partial charge in [-0.05, 0) is 26.3 Å². The first kappa shape index (κ1) is 20.4. The maximum Gasteiger partial charge on any atom is 0.233 e. The normalized spacial score (nSPS) is 15.5. The van der Waals surface area contributed by atoms with E-state index in [0.717, 1.165) is 42.2 Å². The number of nitrogens with zero attached hydrogens (tertiary/aromatic N) is 3. The monoisotopic (exact) mass is 385 g/mol. The molecule has 1 aliphatic heterocycles. The molecule has 6 heteroatoms. The van der Waals surface area contributed by atoms with E-state index in [2.05, 4.69) is 43.0 Å². The van der Waals surface area contributed by atoms with Gasteiger partial charge in [0.2, 0.25) is 11.8 Å². The Labute approximate surface area is 167 Å². The molecule has 0 radical (unpaired) electrons. The highest BCUT2D eigenvalue weighted by molar-refractivity contribution is 5.77. The number of aryl methyl sites for hydroxylation is 1. The number of rotatable bonds is 7. The average Bonchev–Trinajstić information content (AvgIpc) is 3.15. The highest BCUT2D eigenvalue weighted by Crippen LogP contribution is 2.34. The molecule has 2 aromatic rings. The Balaban J connectivity index is 2.04. The maximum atomic E-state index is 12.7. The van der Waals surface area contributed by atoms with Gasteiger partial charge in [0.1, 0.15) is 5.69 Å². The van der Waals surface area contributed by atoms with Crippen molar-refractivity contribution in [3.8, 4) is 11.3 Å². The van der Waals surface area contributed by atoms with Gasteiger partial charge in [0.25, 0.3) is 0 Å². The summed E-state index contributed by atoms with van der Waals surface area (Å²) in [6.07, 6.45) is 1.39. The number of amides is 1. The van der Waals surface area contributed by atoms with Crippen molar-refractivity contribution in [2.45, 2.75) is 53.1 Å². The highest BCUT2D eigenvalue weighted by atomic mass is 16.5. The minimum atomic E-state index is 0.152. The number of carbonyl (C=O) groups excluding carboxylic acids is 1. The molecule has 1 aromatic carbocycles. The van der Waals surface area contributed by atoms with Crippen LogP contribution in [0, 0.1) is 6.92 Å². The van der Waals surface area contributed by atoms with E-state index in [1.807, 2.05) is 24.0 Å². The van der Waals surface area contributed by atoms with Crippen LogP contribution in [0.5, 0.6) is 0 Å². The van der Waals surface area contributed by atoms with Crippen molar-refractivity contribution in [2.75, 3.05) is 31.2 Å². The van der Waals surface area contributed by atoms with Crippen molar-refractivity contribution in [1.29, 1.82) is 0 Å². The van der Waals surface area contributed by atoms with Crippen molar-refractivity contribution >= 4 is 11.8 Å². The zero-order chi connectivity index (χ0) is 20.1. The van der Waals surface area contributed by atoms with Crippen LogP contribution in [-0.2, 0) is 16.1 Å². The van der Waals surface area contributed by atoms with Crippen LogP contribution < -0.4 is 4.90 Å². The molecule has 0 bridgehead atoms. The van der Waals surface area contributed by atoms with E-state index in [-0.39, 0.29) is 11.9 Å². The summed E-state index contributed by atoms with van der Waals surface area (Å²) in [7, 11) is 0. The number of morpholine rings is 1. The maximum absolute atomic E-state index is 12.7. The van der Waals surface area contributed by atoms with Crippen LogP contribution in [0.2, 0.25) is 0 Å². The Hall–Kier alpha value is -2.34. The molecule has 1 atom stereocenters. The number of hydrogen-bond acceptors (Lipinski definition) is 5. The van der Waals surface area contributed by atoms with Crippen molar-refractivity contribution in [3.05, 3.63) is 35.4 Å². The average molecular weight is 386 g/mol. The van der Waals surface area contributed by atoms with Gasteiger partial charge in [0.05, 0.1) is 25.3 Å². The van der Waals surface area contributed by atoms with Crippen LogP contribution in [0.1, 0.15) is 44.7 Å². The number of carbonyl (C=O) groups is 1. The lowest BCUT2D eigenvalue weighted by atomic mass is 10.0. The Morgan fingerprint density at radius 2 is 2.04 bits per heavy atom. The van der Waals surface area contributed by atoms with Crippen LogP contribution in [0.3, 0.4) is 0 Å². The molecular weight excluding hydrogens is 354 g/mol. The van der Waals surface area contributed by atoms with Gasteiger partial charge >= 0.3 is 0 Å². The molecular formula is C22H31N3O3. The molecule has 0 unspecified atom stereocenters. The van der Waals surface area contributed by atoms with Gasteiger partial charge in [0, 0.05) is 31.1 Å². The second-order valence-electron chi connectivity index (χ2n) is 7.42. The number of aromatic nitrogens is 1. The van der Waals surface area contributed by atoms with Crippen LogP contribution in [0.15, 0.2) is 28.8 Å². The number of anilines is 1. The molecule has 1 fully saturated rings. The third-order valence-electron chi connectivity index (χ3n) is 5.43. The first-order chi connectivity index (χ1) is 13.5. The van der Waals surface area contributed by atoms with Gasteiger partial charge in [-0.15, -0.1) is 0 Å². The second kappa shape index (κ2) is 9.24. The smallest absolute Gasteiger partial charge is 0.233 e. The van der Waals surface area contributed by atoms with Gasteiger partial charge in [-0.25, -0.2) is 0 Å². The molecule has 0 saturated carbocycles. The zero-order valence-electron chi connectivity index (χ0n) is 17.4. The third-order valence-corrected chi connectivity index (χ3v) is 5.43. The summed E-state index contributed by atoms with van der Waals surface area (Å²) < 4.78 is 11.3. The lowest BCUT2D eigenvalue weighted by Crippen LogP contribution is -2.39. The lowest BCUT2D eigenvalue weighted by Gasteiger charge is -2.31. The van der Waals surface area contributed by atoms with E-state index in [0.29, 0.717) is 26.2 Å². The molecule has 0 N–H and O–H groups in total. The molecule has 0 aliphatic carbocycles. The summed E-state index contributed by atoms with van der Waals surface area (Å²) in [4.78, 5) is 16.8. The number of hydrogen-bond donors (Lipinski definition) is 0. The molecule has 1 amide bonds. The van der Waals surface area contributed by atoms with Crippen LogP contribution in [0.4, 0.5) is 5.88 Å². The fraction of sp³-hybridized carbons (Fsp3) is 0.545. The van der Waals surface area contributed by atoms with E-state index < -0.39 is 0 Å². The van der Waals surface area contributed by atoms with Gasteiger partial charge in [-0.2, -0.15) is 0 Å². The lowest BCUT2D eigenvalue weighted by molar-refractivity contribution is -0.133.